The molecule has 0 saturated carbocycles. The third-order valence-corrected chi connectivity index (χ3v) is 4.29. The lowest BCUT2D eigenvalue weighted by Gasteiger charge is -2.29. The van der Waals surface area contributed by atoms with E-state index in [0.717, 1.165) is 0 Å². The molecule has 1 aliphatic rings. The fraction of sp³-hybridized carbons (Fsp3) is 0.0526. The second kappa shape index (κ2) is 8.20. The predicted octanol–water partition coefficient (Wildman–Crippen LogP) is 2.63. The molecule has 1 fully saturated rings. The van der Waals surface area contributed by atoms with E-state index in [1.54, 1.807) is 48.5 Å². The average molecular weight is 417 g/mol. The summed E-state index contributed by atoms with van der Waals surface area (Å²) < 4.78 is 5.22. The summed E-state index contributed by atoms with van der Waals surface area (Å²) in [4.78, 5) is 37.2. The number of thiocarbonyl (C=S) groups is 1. The van der Waals surface area contributed by atoms with Gasteiger partial charge in [0.2, 0.25) is 0 Å². The Balaban J connectivity index is 1.98. The highest BCUT2D eigenvalue weighted by Crippen LogP contribution is 2.26. The summed E-state index contributed by atoms with van der Waals surface area (Å²) in [5.74, 6) is -2.20. The predicted molar refractivity (Wildman–Crippen MR) is 107 cm³/mol. The van der Waals surface area contributed by atoms with E-state index in [1.165, 1.54) is 11.0 Å². The number of aliphatic carboxylic acids is 1. The Bertz CT molecular complexity index is 1000. The molecule has 28 heavy (non-hydrogen) atoms. The van der Waals surface area contributed by atoms with E-state index in [-0.39, 0.29) is 16.4 Å². The number of ether oxygens (including phenoxy) is 1. The van der Waals surface area contributed by atoms with Gasteiger partial charge in [0.1, 0.15) is 11.3 Å². The van der Waals surface area contributed by atoms with Gasteiger partial charge in [0.25, 0.3) is 11.8 Å². The molecule has 2 N–H and O–H groups in total. The van der Waals surface area contributed by atoms with Gasteiger partial charge >= 0.3 is 5.97 Å². The fourth-order valence-electron chi connectivity index (χ4n) is 2.51. The minimum Gasteiger partial charge on any atom is -0.481 e. The van der Waals surface area contributed by atoms with Crippen molar-refractivity contribution in [3.05, 3.63) is 64.7 Å². The number of nitrogens with one attached hydrogen (secondary N) is 1. The lowest BCUT2D eigenvalue weighted by atomic mass is 10.1. The third kappa shape index (κ3) is 4.19. The van der Waals surface area contributed by atoms with Crippen LogP contribution in [0.2, 0.25) is 5.02 Å². The maximum absolute atomic E-state index is 13.0. The van der Waals surface area contributed by atoms with Gasteiger partial charge in [0.05, 0.1) is 5.69 Å². The highest BCUT2D eigenvalue weighted by molar-refractivity contribution is 7.80. The number of hydrogen-bond donors (Lipinski definition) is 2. The normalized spacial score (nSPS) is 15.5. The van der Waals surface area contributed by atoms with Crippen LogP contribution in [-0.4, -0.2) is 34.6 Å². The average Bonchev–Trinajstić information content (AvgIpc) is 2.65. The van der Waals surface area contributed by atoms with Crippen LogP contribution >= 0.6 is 23.8 Å². The number of halogens is 1. The number of anilines is 1. The number of carboxylic acid groups (broad SMARTS) is 1. The molecular formula is C19H13ClN2O5S. The molecule has 2 aromatic carbocycles. The molecule has 2 amide bonds. The molecule has 0 radical (unpaired) electrons. The molecule has 0 aromatic heterocycles. The Kier molecular flexibility index (Phi) is 5.72. The zero-order chi connectivity index (χ0) is 20.3. The molecule has 0 aliphatic carbocycles. The summed E-state index contributed by atoms with van der Waals surface area (Å²) in [5, 5.41) is 11.7. The first-order valence-electron chi connectivity index (χ1n) is 7.97. The number of carboxylic acids is 1. The molecule has 0 unspecified atom stereocenters. The second-order valence-electron chi connectivity index (χ2n) is 5.65. The van der Waals surface area contributed by atoms with Crippen molar-refractivity contribution >= 4 is 58.5 Å². The van der Waals surface area contributed by atoms with E-state index in [9.17, 15) is 14.4 Å². The maximum atomic E-state index is 13.0. The molecule has 0 spiro atoms. The van der Waals surface area contributed by atoms with Crippen molar-refractivity contribution in [2.24, 2.45) is 0 Å². The third-order valence-electron chi connectivity index (χ3n) is 3.76. The Morgan fingerprint density at radius 3 is 2.54 bits per heavy atom. The van der Waals surface area contributed by atoms with Crippen molar-refractivity contribution in [2.75, 3.05) is 11.5 Å². The van der Waals surface area contributed by atoms with Crippen LogP contribution in [-0.2, 0) is 14.4 Å². The SMILES string of the molecule is O=C(O)COc1ccccc1C=C1C(=O)NC(=S)N(c2ccc(Cl)cc2)C1=O. The summed E-state index contributed by atoms with van der Waals surface area (Å²) in [5.41, 5.74) is 0.654. The van der Waals surface area contributed by atoms with E-state index >= 15 is 0 Å². The Hall–Kier alpha value is -3.23. The zero-order valence-corrected chi connectivity index (χ0v) is 15.8. The molecule has 1 aliphatic heterocycles. The summed E-state index contributed by atoms with van der Waals surface area (Å²) in [7, 11) is 0. The molecule has 9 heteroatoms. The molecule has 1 saturated heterocycles. The minimum absolute atomic E-state index is 0.0510. The minimum atomic E-state index is -1.15. The molecule has 3 rings (SSSR count). The van der Waals surface area contributed by atoms with Crippen LogP contribution in [0.1, 0.15) is 5.56 Å². The summed E-state index contributed by atoms with van der Waals surface area (Å²) in [6.07, 6.45) is 1.33. The first-order valence-corrected chi connectivity index (χ1v) is 8.76. The van der Waals surface area contributed by atoms with E-state index in [2.05, 4.69) is 5.32 Å². The smallest absolute Gasteiger partial charge is 0.341 e. The van der Waals surface area contributed by atoms with Crippen molar-refractivity contribution in [1.82, 2.24) is 5.32 Å². The van der Waals surface area contributed by atoms with Crippen LogP contribution in [0, 0.1) is 0 Å². The van der Waals surface area contributed by atoms with Gasteiger partial charge in [-0.05, 0) is 48.6 Å². The van der Waals surface area contributed by atoms with Crippen molar-refractivity contribution in [2.45, 2.75) is 0 Å². The topological polar surface area (TPSA) is 95.9 Å². The van der Waals surface area contributed by atoms with Gasteiger partial charge in [-0.25, -0.2) is 4.79 Å². The van der Waals surface area contributed by atoms with Gasteiger partial charge in [-0.15, -0.1) is 0 Å². The van der Waals surface area contributed by atoms with Crippen LogP contribution in [0.25, 0.3) is 6.08 Å². The van der Waals surface area contributed by atoms with E-state index in [4.69, 9.17) is 33.7 Å². The van der Waals surface area contributed by atoms with Crippen molar-refractivity contribution < 1.29 is 24.2 Å². The van der Waals surface area contributed by atoms with Crippen molar-refractivity contribution in [3.63, 3.8) is 0 Å². The number of para-hydroxylation sites is 1. The number of hydrogen-bond acceptors (Lipinski definition) is 5. The molecular weight excluding hydrogens is 404 g/mol. The Morgan fingerprint density at radius 1 is 1.18 bits per heavy atom. The van der Waals surface area contributed by atoms with Gasteiger partial charge < -0.3 is 9.84 Å². The van der Waals surface area contributed by atoms with Crippen LogP contribution in [0.3, 0.4) is 0 Å². The van der Waals surface area contributed by atoms with Gasteiger partial charge in [-0.3, -0.25) is 19.8 Å². The Labute approximate surface area is 170 Å². The van der Waals surface area contributed by atoms with Crippen LogP contribution in [0.15, 0.2) is 54.1 Å². The molecule has 0 bridgehead atoms. The monoisotopic (exact) mass is 416 g/mol. The number of nitrogens with zero attached hydrogens (tertiary/aromatic N) is 1. The standard InChI is InChI=1S/C19H13ClN2O5S/c20-12-5-7-13(8-6-12)22-18(26)14(17(25)21-19(22)28)9-11-3-1-2-4-15(11)27-10-16(23)24/h1-9H,10H2,(H,23,24)(H,21,25,28). The lowest BCUT2D eigenvalue weighted by molar-refractivity contribution is -0.139. The number of carbonyl (C=O) groups is 3. The fourth-order valence-corrected chi connectivity index (χ4v) is 2.92. The highest BCUT2D eigenvalue weighted by atomic mass is 35.5. The number of rotatable bonds is 5. The molecule has 7 nitrogen and oxygen atoms in total. The quantitative estimate of drug-likeness (QED) is 0.442. The largest absolute Gasteiger partial charge is 0.481 e. The molecule has 1 heterocycles. The maximum Gasteiger partial charge on any atom is 0.341 e. The van der Waals surface area contributed by atoms with Gasteiger partial charge in [-0.2, -0.15) is 0 Å². The van der Waals surface area contributed by atoms with Crippen LogP contribution < -0.4 is 15.0 Å². The second-order valence-corrected chi connectivity index (χ2v) is 6.48. The van der Waals surface area contributed by atoms with Crippen LogP contribution in [0.4, 0.5) is 5.69 Å². The number of carbonyl (C=O) groups excluding carboxylic acids is 2. The van der Waals surface area contributed by atoms with Crippen LogP contribution in [0.5, 0.6) is 5.75 Å². The summed E-state index contributed by atoms with van der Waals surface area (Å²) in [6, 6.07) is 12.9. The van der Waals surface area contributed by atoms with Gasteiger partial charge in [-0.1, -0.05) is 29.8 Å². The van der Waals surface area contributed by atoms with Gasteiger partial charge in [0.15, 0.2) is 11.7 Å². The molecule has 0 atom stereocenters. The van der Waals surface area contributed by atoms with E-state index in [0.29, 0.717) is 16.3 Å². The van der Waals surface area contributed by atoms with Crippen molar-refractivity contribution in [3.8, 4) is 5.75 Å². The number of amides is 2. The van der Waals surface area contributed by atoms with Gasteiger partial charge in [0, 0.05) is 10.6 Å². The number of benzene rings is 2. The highest BCUT2D eigenvalue weighted by Gasteiger charge is 2.34. The first kappa shape index (κ1) is 19.5. The van der Waals surface area contributed by atoms with E-state index in [1.807, 2.05) is 0 Å². The Morgan fingerprint density at radius 2 is 1.86 bits per heavy atom. The van der Waals surface area contributed by atoms with Crippen molar-refractivity contribution in [1.29, 1.82) is 0 Å². The molecule has 142 valence electrons. The summed E-state index contributed by atoms with van der Waals surface area (Å²) >= 11 is 11.0. The first-order chi connectivity index (χ1) is 13.4. The van der Waals surface area contributed by atoms with E-state index < -0.39 is 24.4 Å². The summed E-state index contributed by atoms with van der Waals surface area (Å²) in [6.45, 7) is -0.554. The zero-order valence-electron chi connectivity index (χ0n) is 14.2. The lowest BCUT2D eigenvalue weighted by Crippen LogP contribution is -2.54. The molecule has 2 aromatic rings.